The van der Waals surface area contributed by atoms with Crippen LogP contribution in [0.15, 0.2) is 16.9 Å². The van der Waals surface area contributed by atoms with Crippen molar-refractivity contribution in [2.75, 3.05) is 0 Å². The molecule has 0 saturated heterocycles. The van der Waals surface area contributed by atoms with Crippen molar-refractivity contribution in [1.82, 2.24) is 15.1 Å². The Hall–Kier alpha value is -2.18. The molecule has 2 N–H and O–H groups in total. The predicted octanol–water partition coefficient (Wildman–Crippen LogP) is -0.144. The zero-order valence-electron chi connectivity index (χ0n) is 10.2. The van der Waals surface area contributed by atoms with Crippen molar-refractivity contribution in [2.24, 2.45) is 0 Å². The average Bonchev–Trinajstić information content (AvgIpc) is 2.26. The first-order valence-electron chi connectivity index (χ1n) is 5.51. The number of carbonyl (C=O) groups is 2. The van der Waals surface area contributed by atoms with Crippen LogP contribution in [0, 0.1) is 0 Å². The summed E-state index contributed by atoms with van der Waals surface area (Å²) in [6, 6.07) is 2.28. The summed E-state index contributed by atoms with van der Waals surface area (Å²) >= 11 is 0. The van der Waals surface area contributed by atoms with Crippen LogP contribution < -0.4 is 10.9 Å². The molecule has 0 atom stereocenters. The SMILES string of the molecule is CC(C)NC(=O)CCn1nc(C(=O)O)ccc1=O. The molecule has 0 saturated carbocycles. The lowest BCUT2D eigenvalue weighted by Gasteiger charge is -2.08. The summed E-state index contributed by atoms with van der Waals surface area (Å²) in [4.78, 5) is 33.5. The second-order valence-electron chi connectivity index (χ2n) is 4.06. The van der Waals surface area contributed by atoms with Gasteiger partial charge in [0.1, 0.15) is 0 Å². The van der Waals surface area contributed by atoms with Gasteiger partial charge in [0.15, 0.2) is 5.69 Å². The highest BCUT2D eigenvalue weighted by molar-refractivity contribution is 5.84. The largest absolute Gasteiger partial charge is 0.476 e. The van der Waals surface area contributed by atoms with E-state index in [2.05, 4.69) is 10.4 Å². The third kappa shape index (κ3) is 4.00. The summed E-state index contributed by atoms with van der Waals surface area (Å²) < 4.78 is 0.976. The molecular weight excluding hydrogens is 238 g/mol. The Labute approximate surface area is 103 Å². The fourth-order valence-corrected chi connectivity index (χ4v) is 1.32. The standard InChI is InChI=1S/C11H15N3O4/c1-7(2)12-9(15)5-6-14-10(16)4-3-8(13-14)11(17)18/h3-4,7H,5-6H2,1-2H3,(H,12,15)(H,17,18). The van der Waals surface area contributed by atoms with Gasteiger partial charge < -0.3 is 10.4 Å². The van der Waals surface area contributed by atoms with Gasteiger partial charge in [-0.15, -0.1) is 0 Å². The smallest absolute Gasteiger partial charge is 0.356 e. The van der Waals surface area contributed by atoms with Gasteiger partial charge >= 0.3 is 5.97 Å². The Kier molecular flexibility index (Phi) is 4.59. The third-order valence-corrected chi connectivity index (χ3v) is 2.09. The van der Waals surface area contributed by atoms with Crippen LogP contribution in [0.3, 0.4) is 0 Å². The highest BCUT2D eigenvalue weighted by Gasteiger charge is 2.09. The van der Waals surface area contributed by atoms with E-state index >= 15 is 0 Å². The van der Waals surface area contributed by atoms with Crippen molar-refractivity contribution in [3.05, 3.63) is 28.2 Å². The molecule has 0 unspecified atom stereocenters. The lowest BCUT2D eigenvalue weighted by atomic mass is 10.3. The molecule has 0 aliphatic carbocycles. The first kappa shape index (κ1) is 13.9. The van der Waals surface area contributed by atoms with E-state index < -0.39 is 11.5 Å². The maximum atomic E-state index is 11.4. The molecule has 0 bridgehead atoms. The number of rotatable bonds is 5. The van der Waals surface area contributed by atoms with Gasteiger partial charge in [-0.05, 0) is 19.9 Å². The summed E-state index contributed by atoms with van der Waals surface area (Å²) in [5.41, 5.74) is -0.656. The minimum atomic E-state index is -1.21. The number of carboxylic acids is 1. The van der Waals surface area contributed by atoms with E-state index in [-0.39, 0.29) is 30.6 Å². The van der Waals surface area contributed by atoms with Gasteiger partial charge in [0.2, 0.25) is 5.91 Å². The molecular formula is C11H15N3O4. The highest BCUT2D eigenvalue weighted by Crippen LogP contribution is 1.92. The van der Waals surface area contributed by atoms with Crippen molar-refractivity contribution in [3.63, 3.8) is 0 Å². The maximum absolute atomic E-state index is 11.4. The number of nitrogens with one attached hydrogen (secondary N) is 1. The fourth-order valence-electron chi connectivity index (χ4n) is 1.32. The van der Waals surface area contributed by atoms with Gasteiger partial charge in [-0.2, -0.15) is 5.10 Å². The van der Waals surface area contributed by atoms with E-state index in [0.29, 0.717) is 0 Å². The molecule has 18 heavy (non-hydrogen) atoms. The Bertz CT molecular complexity index is 507. The van der Waals surface area contributed by atoms with Crippen molar-refractivity contribution in [1.29, 1.82) is 0 Å². The molecule has 1 aromatic heterocycles. The normalized spacial score (nSPS) is 10.4. The van der Waals surface area contributed by atoms with Gasteiger partial charge in [-0.1, -0.05) is 0 Å². The zero-order valence-corrected chi connectivity index (χ0v) is 10.2. The Balaban J connectivity index is 2.72. The number of amides is 1. The van der Waals surface area contributed by atoms with E-state index in [0.717, 1.165) is 16.8 Å². The van der Waals surface area contributed by atoms with Crippen LogP contribution >= 0.6 is 0 Å². The van der Waals surface area contributed by atoms with E-state index in [1.165, 1.54) is 0 Å². The van der Waals surface area contributed by atoms with Crippen LogP contribution in [0.25, 0.3) is 0 Å². The number of hydrogen-bond acceptors (Lipinski definition) is 4. The van der Waals surface area contributed by atoms with Crippen molar-refractivity contribution in [2.45, 2.75) is 32.9 Å². The molecule has 1 heterocycles. The first-order valence-corrected chi connectivity index (χ1v) is 5.51. The number of aromatic nitrogens is 2. The summed E-state index contributed by atoms with van der Waals surface area (Å²) in [7, 11) is 0. The van der Waals surface area contributed by atoms with Crippen LogP contribution in [-0.2, 0) is 11.3 Å². The second kappa shape index (κ2) is 5.95. The Morgan fingerprint density at radius 1 is 1.44 bits per heavy atom. The molecule has 7 nitrogen and oxygen atoms in total. The summed E-state index contributed by atoms with van der Waals surface area (Å²) in [6.07, 6.45) is 0.0775. The monoisotopic (exact) mass is 253 g/mol. The molecule has 0 fully saturated rings. The molecule has 0 aliphatic heterocycles. The van der Waals surface area contributed by atoms with Gasteiger partial charge in [-0.3, -0.25) is 9.59 Å². The molecule has 0 aromatic carbocycles. The lowest BCUT2D eigenvalue weighted by molar-refractivity contribution is -0.121. The van der Waals surface area contributed by atoms with Crippen LogP contribution in [0.4, 0.5) is 0 Å². The average molecular weight is 253 g/mol. The fraction of sp³-hybridized carbons (Fsp3) is 0.455. The Morgan fingerprint density at radius 3 is 2.67 bits per heavy atom. The number of carbonyl (C=O) groups excluding carboxylic acids is 1. The molecule has 0 aliphatic rings. The maximum Gasteiger partial charge on any atom is 0.356 e. The molecule has 0 spiro atoms. The number of hydrogen-bond donors (Lipinski definition) is 2. The van der Waals surface area contributed by atoms with Crippen LogP contribution in [0.1, 0.15) is 30.8 Å². The molecule has 1 aromatic rings. The van der Waals surface area contributed by atoms with Gasteiger partial charge in [0, 0.05) is 18.5 Å². The van der Waals surface area contributed by atoms with Crippen molar-refractivity contribution in [3.8, 4) is 0 Å². The molecule has 0 radical (unpaired) electrons. The minimum absolute atomic E-state index is 0.0209. The minimum Gasteiger partial charge on any atom is -0.476 e. The van der Waals surface area contributed by atoms with E-state index in [1.54, 1.807) is 0 Å². The number of aromatic carboxylic acids is 1. The molecule has 7 heteroatoms. The van der Waals surface area contributed by atoms with Crippen molar-refractivity contribution >= 4 is 11.9 Å². The van der Waals surface area contributed by atoms with E-state index in [1.807, 2.05) is 13.8 Å². The van der Waals surface area contributed by atoms with Gasteiger partial charge in [0.05, 0.1) is 6.54 Å². The third-order valence-electron chi connectivity index (χ3n) is 2.09. The van der Waals surface area contributed by atoms with Crippen LogP contribution in [0.2, 0.25) is 0 Å². The zero-order chi connectivity index (χ0) is 13.7. The number of carboxylic acid groups (broad SMARTS) is 1. The Morgan fingerprint density at radius 2 is 2.11 bits per heavy atom. The second-order valence-corrected chi connectivity index (χ2v) is 4.06. The predicted molar refractivity (Wildman–Crippen MR) is 63.4 cm³/mol. The quantitative estimate of drug-likeness (QED) is 0.760. The van der Waals surface area contributed by atoms with Gasteiger partial charge in [0.25, 0.3) is 5.56 Å². The lowest BCUT2D eigenvalue weighted by Crippen LogP contribution is -2.32. The summed E-state index contributed by atoms with van der Waals surface area (Å²) in [5, 5.41) is 15.1. The summed E-state index contributed by atoms with van der Waals surface area (Å²) in [6.45, 7) is 3.71. The van der Waals surface area contributed by atoms with Crippen molar-refractivity contribution < 1.29 is 14.7 Å². The van der Waals surface area contributed by atoms with E-state index in [9.17, 15) is 14.4 Å². The number of nitrogens with zero attached hydrogens (tertiary/aromatic N) is 2. The highest BCUT2D eigenvalue weighted by atomic mass is 16.4. The van der Waals surface area contributed by atoms with Gasteiger partial charge in [-0.25, -0.2) is 9.48 Å². The van der Waals surface area contributed by atoms with E-state index in [4.69, 9.17) is 5.11 Å². The topological polar surface area (TPSA) is 101 Å². The summed E-state index contributed by atoms with van der Waals surface area (Å²) in [5.74, 6) is -1.42. The van der Waals surface area contributed by atoms with Crippen LogP contribution in [-0.4, -0.2) is 32.8 Å². The van der Waals surface area contributed by atoms with Crippen LogP contribution in [0.5, 0.6) is 0 Å². The molecule has 1 rings (SSSR count). The first-order chi connectivity index (χ1) is 8.40. The number of aryl methyl sites for hydroxylation is 1. The molecule has 1 amide bonds. The molecule has 98 valence electrons.